The SMILES string of the molecule is CCCCCCCCCCCCCC(=O)CC1CC(O)C(CCC(O)C2CCC(CCCCC(O)CC3=CC(C)OC3=O)O2)O1. The summed E-state index contributed by atoms with van der Waals surface area (Å²) in [6, 6.07) is 0. The monoisotopic (exact) mass is 636 g/mol. The van der Waals surface area contributed by atoms with Crippen LogP contribution in [0.4, 0.5) is 0 Å². The Labute approximate surface area is 272 Å². The molecule has 8 atom stereocenters. The lowest BCUT2D eigenvalue weighted by Gasteiger charge is -2.22. The lowest BCUT2D eigenvalue weighted by molar-refractivity contribution is -0.139. The molecule has 3 aliphatic rings. The van der Waals surface area contributed by atoms with E-state index in [1.807, 2.05) is 6.92 Å². The number of ether oxygens (including phenoxy) is 3. The number of aliphatic hydroxyl groups is 3. The highest BCUT2D eigenvalue weighted by Gasteiger charge is 2.36. The Morgan fingerprint density at radius 3 is 2.22 bits per heavy atom. The van der Waals surface area contributed by atoms with Gasteiger partial charge in [0.05, 0.1) is 42.7 Å². The van der Waals surface area contributed by atoms with Gasteiger partial charge in [-0.15, -0.1) is 0 Å². The molecular formula is C37H64O8. The van der Waals surface area contributed by atoms with Crippen LogP contribution in [-0.2, 0) is 23.8 Å². The largest absolute Gasteiger partial charge is 0.455 e. The predicted octanol–water partition coefficient (Wildman–Crippen LogP) is 7.04. The Morgan fingerprint density at radius 1 is 0.867 bits per heavy atom. The van der Waals surface area contributed by atoms with Gasteiger partial charge in [-0.05, 0) is 57.9 Å². The van der Waals surface area contributed by atoms with Crippen molar-refractivity contribution in [3.63, 3.8) is 0 Å². The van der Waals surface area contributed by atoms with E-state index in [1.54, 1.807) is 6.08 Å². The average Bonchev–Trinajstić information content (AvgIpc) is 3.70. The molecule has 0 aromatic rings. The first-order valence-corrected chi connectivity index (χ1v) is 18.5. The van der Waals surface area contributed by atoms with Crippen LogP contribution >= 0.6 is 0 Å². The molecule has 8 heteroatoms. The first kappa shape index (κ1) is 38.1. The van der Waals surface area contributed by atoms with Gasteiger partial charge >= 0.3 is 5.97 Å². The van der Waals surface area contributed by atoms with Crippen LogP contribution in [0, 0.1) is 0 Å². The fourth-order valence-electron chi connectivity index (χ4n) is 7.19. The van der Waals surface area contributed by atoms with E-state index in [1.165, 1.54) is 57.8 Å². The number of cyclic esters (lactones) is 1. The van der Waals surface area contributed by atoms with Crippen molar-refractivity contribution in [2.24, 2.45) is 0 Å². The summed E-state index contributed by atoms with van der Waals surface area (Å²) in [5, 5.41) is 31.6. The quantitative estimate of drug-likeness (QED) is 0.0721. The molecule has 2 fully saturated rings. The third kappa shape index (κ3) is 15.0. The number of ketones is 1. The van der Waals surface area contributed by atoms with Gasteiger partial charge in [0.15, 0.2) is 0 Å². The van der Waals surface area contributed by atoms with Crippen LogP contribution in [0.3, 0.4) is 0 Å². The van der Waals surface area contributed by atoms with Gasteiger partial charge in [0.1, 0.15) is 11.9 Å². The van der Waals surface area contributed by atoms with Crippen LogP contribution in [0.1, 0.15) is 162 Å². The molecule has 3 heterocycles. The zero-order valence-electron chi connectivity index (χ0n) is 28.3. The fourth-order valence-corrected chi connectivity index (χ4v) is 7.19. The number of aliphatic hydroxyl groups excluding tert-OH is 3. The summed E-state index contributed by atoms with van der Waals surface area (Å²) in [6.07, 6.45) is 21.0. The molecule has 0 aliphatic carbocycles. The van der Waals surface area contributed by atoms with Crippen molar-refractivity contribution < 1.29 is 39.1 Å². The third-order valence-electron chi connectivity index (χ3n) is 9.89. The second-order valence-corrected chi connectivity index (χ2v) is 14.1. The fraction of sp³-hybridized carbons (Fsp3) is 0.892. The van der Waals surface area contributed by atoms with E-state index in [0.29, 0.717) is 50.5 Å². The summed E-state index contributed by atoms with van der Waals surface area (Å²) in [6.45, 7) is 4.07. The number of esters is 1. The molecule has 3 N–H and O–H groups in total. The molecule has 0 bridgehead atoms. The van der Waals surface area contributed by atoms with Gasteiger partial charge in [0.25, 0.3) is 0 Å². The maximum Gasteiger partial charge on any atom is 0.334 e. The summed E-state index contributed by atoms with van der Waals surface area (Å²) in [5.74, 6) is -0.0892. The summed E-state index contributed by atoms with van der Waals surface area (Å²) < 4.78 is 17.3. The molecule has 0 amide bonds. The van der Waals surface area contributed by atoms with Crippen molar-refractivity contribution in [1.82, 2.24) is 0 Å². The minimum absolute atomic E-state index is 0.110. The highest BCUT2D eigenvalue weighted by atomic mass is 16.5. The maximum atomic E-state index is 12.5. The smallest absolute Gasteiger partial charge is 0.334 e. The molecule has 0 radical (unpaired) electrons. The van der Waals surface area contributed by atoms with Crippen LogP contribution in [0.5, 0.6) is 0 Å². The topological polar surface area (TPSA) is 123 Å². The van der Waals surface area contributed by atoms with Gasteiger partial charge in [-0.2, -0.15) is 0 Å². The molecule has 8 nitrogen and oxygen atoms in total. The third-order valence-corrected chi connectivity index (χ3v) is 9.89. The second-order valence-electron chi connectivity index (χ2n) is 14.1. The van der Waals surface area contributed by atoms with Crippen molar-refractivity contribution in [2.45, 2.75) is 210 Å². The Bertz CT molecular complexity index is 874. The van der Waals surface area contributed by atoms with Crippen LogP contribution in [0.2, 0.25) is 0 Å². The molecule has 8 unspecified atom stereocenters. The number of carbonyl (C=O) groups is 2. The first-order valence-electron chi connectivity index (χ1n) is 18.5. The van der Waals surface area contributed by atoms with Gasteiger partial charge < -0.3 is 29.5 Å². The molecule has 45 heavy (non-hydrogen) atoms. The van der Waals surface area contributed by atoms with Gasteiger partial charge in [-0.1, -0.05) is 84.0 Å². The minimum atomic E-state index is -0.601. The van der Waals surface area contributed by atoms with Crippen molar-refractivity contribution in [3.05, 3.63) is 11.6 Å². The maximum absolute atomic E-state index is 12.5. The molecule has 0 aromatic heterocycles. The number of hydrogen-bond acceptors (Lipinski definition) is 8. The molecule has 3 rings (SSSR count). The zero-order valence-corrected chi connectivity index (χ0v) is 28.3. The summed E-state index contributed by atoms with van der Waals surface area (Å²) in [4.78, 5) is 24.2. The number of Topliss-reactive ketones (excluding diaryl/α,β-unsaturated/α-hetero) is 1. The van der Waals surface area contributed by atoms with E-state index in [9.17, 15) is 24.9 Å². The summed E-state index contributed by atoms with van der Waals surface area (Å²) in [5.41, 5.74) is 0.570. The van der Waals surface area contributed by atoms with Crippen LogP contribution in [0.25, 0.3) is 0 Å². The van der Waals surface area contributed by atoms with E-state index in [2.05, 4.69) is 6.92 Å². The van der Waals surface area contributed by atoms with Gasteiger partial charge in [0, 0.05) is 31.3 Å². The normalized spacial score (nSPS) is 27.9. The van der Waals surface area contributed by atoms with Crippen LogP contribution < -0.4 is 0 Å². The first-order chi connectivity index (χ1) is 21.7. The minimum Gasteiger partial charge on any atom is -0.455 e. The lowest BCUT2D eigenvalue weighted by Crippen LogP contribution is -2.29. The number of rotatable bonds is 25. The molecule has 3 aliphatic heterocycles. The molecular weight excluding hydrogens is 572 g/mol. The van der Waals surface area contributed by atoms with E-state index >= 15 is 0 Å². The molecule has 0 spiro atoms. The number of carbonyl (C=O) groups excluding carboxylic acids is 2. The molecule has 0 aromatic carbocycles. The average molecular weight is 637 g/mol. The van der Waals surface area contributed by atoms with Crippen molar-refractivity contribution in [1.29, 1.82) is 0 Å². The molecule has 0 saturated carbocycles. The van der Waals surface area contributed by atoms with Gasteiger partial charge in [-0.25, -0.2) is 4.79 Å². The Hall–Kier alpha value is -1.32. The molecule has 260 valence electrons. The van der Waals surface area contributed by atoms with E-state index in [0.717, 1.165) is 44.9 Å². The Balaban J connectivity index is 1.18. The molecule has 2 saturated heterocycles. The van der Waals surface area contributed by atoms with Gasteiger partial charge in [-0.3, -0.25) is 4.79 Å². The Morgan fingerprint density at radius 2 is 1.56 bits per heavy atom. The van der Waals surface area contributed by atoms with E-state index < -0.39 is 18.3 Å². The zero-order chi connectivity index (χ0) is 32.4. The number of unbranched alkanes of at least 4 members (excludes halogenated alkanes) is 11. The predicted molar refractivity (Wildman–Crippen MR) is 176 cm³/mol. The summed E-state index contributed by atoms with van der Waals surface area (Å²) in [7, 11) is 0. The van der Waals surface area contributed by atoms with Crippen molar-refractivity contribution in [3.8, 4) is 0 Å². The highest BCUT2D eigenvalue weighted by Crippen LogP contribution is 2.31. The second kappa shape index (κ2) is 21.5. The number of hydrogen-bond donors (Lipinski definition) is 3. The highest BCUT2D eigenvalue weighted by molar-refractivity contribution is 5.90. The van der Waals surface area contributed by atoms with Gasteiger partial charge in [0.2, 0.25) is 0 Å². The van der Waals surface area contributed by atoms with Crippen LogP contribution in [0.15, 0.2) is 11.6 Å². The van der Waals surface area contributed by atoms with Crippen LogP contribution in [-0.4, -0.2) is 75.9 Å². The standard InChI is InChI=1S/C37H64O8/c1-3-4-5-6-7-8-9-10-11-12-13-16-30(39)25-32-26-34(41)36(45-32)22-20-33(40)35-21-19-31(44-35)18-15-14-17-29(38)24-28-23-27(2)43-37(28)42/h23,27,29,31-36,38,40-41H,3-22,24-26H2,1-2H3. The lowest BCUT2D eigenvalue weighted by atomic mass is 9.99. The Kier molecular flexibility index (Phi) is 18.2. The summed E-state index contributed by atoms with van der Waals surface area (Å²) >= 11 is 0. The van der Waals surface area contributed by atoms with E-state index in [4.69, 9.17) is 14.2 Å². The van der Waals surface area contributed by atoms with Crippen molar-refractivity contribution >= 4 is 11.8 Å². The van der Waals surface area contributed by atoms with E-state index in [-0.39, 0.29) is 42.3 Å². The van der Waals surface area contributed by atoms with Crippen molar-refractivity contribution in [2.75, 3.05) is 0 Å².